The summed E-state index contributed by atoms with van der Waals surface area (Å²) in [5.74, 6) is 2.36. The number of fused-ring (bicyclic) bond motifs is 12. The maximum Gasteiger partial charge on any atom is 0.164 e. The average molecular weight is 771 g/mol. The molecule has 4 heteroatoms. The van der Waals surface area contributed by atoms with Gasteiger partial charge in [-0.25, -0.2) is 9.97 Å². The Morgan fingerprint density at radius 3 is 1.85 bits per heavy atom. The molecule has 1 aliphatic heterocycles. The highest BCUT2D eigenvalue weighted by Crippen LogP contribution is 2.64. The number of para-hydroxylation sites is 3. The summed E-state index contributed by atoms with van der Waals surface area (Å²) in [6.07, 6.45) is 0. The smallest absolute Gasteiger partial charge is 0.164 e. The average Bonchev–Trinajstić information content (AvgIpc) is 3.82. The van der Waals surface area contributed by atoms with Crippen LogP contribution in [0.3, 0.4) is 0 Å². The first-order valence-corrected chi connectivity index (χ1v) is 20.6. The molecule has 1 unspecified atom stereocenters. The van der Waals surface area contributed by atoms with E-state index in [1.165, 1.54) is 38.9 Å². The normalized spacial score (nSPS) is 14.8. The second-order valence-corrected chi connectivity index (χ2v) is 16.1. The van der Waals surface area contributed by atoms with E-state index in [4.69, 9.17) is 19.1 Å². The topological polar surface area (TPSA) is 48.2 Å². The van der Waals surface area contributed by atoms with Crippen molar-refractivity contribution >= 4 is 21.9 Å². The molecule has 0 fully saturated rings. The van der Waals surface area contributed by atoms with Crippen molar-refractivity contribution < 1.29 is 9.15 Å². The van der Waals surface area contributed by atoms with Crippen LogP contribution in [-0.2, 0) is 5.41 Å². The number of benzene rings is 8. The summed E-state index contributed by atoms with van der Waals surface area (Å²) >= 11 is 0. The minimum atomic E-state index is -0.555. The van der Waals surface area contributed by atoms with Crippen LogP contribution in [0.5, 0.6) is 11.5 Å². The van der Waals surface area contributed by atoms with Gasteiger partial charge in [-0.1, -0.05) is 146 Å². The number of aromatic nitrogens is 2. The highest BCUT2D eigenvalue weighted by molar-refractivity contribution is 6.10. The van der Waals surface area contributed by atoms with Gasteiger partial charge in [0, 0.05) is 38.6 Å². The van der Waals surface area contributed by atoms with Gasteiger partial charge in [0.2, 0.25) is 0 Å². The maximum atomic E-state index is 7.06. The van der Waals surface area contributed by atoms with Gasteiger partial charge < -0.3 is 9.15 Å². The molecule has 1 aliphatic carbocycles. The quantitative estimate of drug-likeness (QED) is 0.179. The van der Waals surface area contributed by atoms with Crippen LogP contribution in [0.4, 0.5) is 0 Å². The Bertz CT molecular complexity index is 3330. The van der Waals surface area contributed by atoms with Crippen LogP contribution < -0.4 is 4.74 Å². The van der Waals surface area contributed by atoms with E-state index in [1.807, 2.05) is 36.4 Å². The predicted octanol–water partition coefficient (Wildman–Crippen LogP) is 14.4. The predicted molar refractivity (Wildman–Crippen MR) is 243 cm³/mol. The van der Waals surface area contributed by atoms with Gasteiger partial charge in [0.1, 0.15) is 22.7 Å². The van der Waals surface area contributed by atoms with E-state index in [0.29, 0.717) is 5.82 Å². The van der Waals surface area contributed by atoms with Crippen molar-refractivity contribution in [3.63, 3.8) is 0 Å². The zero-order valence-corrected chi connectivity index (χ0v) is 33.5. The van der Waals surface area contributed by atoms with E-state index < -0.39 is 5.41 Å². The molecule has 0 saturated carbocycles. The Morgan fingerprint density at radius 1 is 0.450 bits per heavy atom. The lowest BCUT2D eigenvalue weighted by Gasteiger charge is -2.40. The fourth-order valence-corrected chi connectivity index (χ4v) is 9.99. The molecule has 4 nitrogen and oxygen atoms in total. The van der Waals surface area contributed by atoms with Gasteiger partial charge >= 0.3 is 0 Å². The Labute approximate surface area is 348 Å². The molecule has 8 aromatic carbocycles. The van der Waals surface area contributed by atoms with Crippen LogP contribution in [0.1, 0.15) is 38.9 Å². The lowest BCUT2D eigenvalue weighted by molar-refractivity contribution is 0.438. The van der Waals surface area contributed by atoms with E-state index in [-0.39, 0.29) is 0 Å². The van der Waals surface area contributed by atoms with Crippen LogP contribution in [0.2, 0.25) is 0 Å². The summed E-state index contributed by atoms with van der Waals surface area (Å²) in [5.41, 5.74) is 19.1. The third-order valence-electron chi connectivity index (χ3n) is 13.0. The number of hydrogen-bond acceptors (Lipinski definition) is 4. The Hall–Kier alpha value is -7.56. The molecule has 1 atom stereocenters. The van der Waals surface area contributed by atoms with Gasteiger partial charge in [0.05, 0.1) is 22.4 Å². The van der Waals surface area contributed by atoms with Crippen LogP contribution in [0.15, 0.2) is 180 Å². The molecule has 0 bridgehead atoms. The minimum Gasteiger partial charge on any atom is -0.456 e. The second-order valence-electron chi connectivity index (χ2n) is 16.1. The first-order chi connectivity index (χ1) is 29.5. The first-order valence-electron chi connectivity index (χ1n) is 20.6. The van der Waals surface area contributed by atoms with Gasteiger partial charge in [-0.3, -0.25) is 0 Å². The van der Waals surface area contributed by atoms with Crippen molar-refractivity contribution in [3.8, 4) is 67.7 Å². The SMILES string of the molecule is Cc1cc2c(c(C)c1C)-c1ccccc1C21c2ccccc2Oc2c(-c3ccc4c(c3)oc3c(-c5nc(-c6ccccc6)cc(-c6ccccc6)n5)cccc34)cccc21. The summed E-state index contributed by atoms with van der Waals surface area (Å²) in [7, 11) is 0. The molecular formula is C56H38N2O2. The van der Waals surface area contributed by atoms with Crippen molar-refractivity contribution in [2.75, 3.05) is 0 Å². The number of rotatable bonds is 4. The summed E-state index contributed by atoms with van der Waals surface area (Å²) < 4.78 is 14.0. The number of ether oxygens (including phenoxy) is 1. The van der Waals surface area contributed by atoms with E-state index in [0.717, 1.165) is 83.8 Å². The highest BCUT2D eigenvalue weighted by atomic mass is 16.5. The van der Waals surface area contributed by atoms with Crippen molar-refractivity contribution in [1.29, 1.82) is 0 Å². The Kier molecular flexibility index (Phi) is 7.45. The Morgan fingerprint density at radius 2 is 1.08 bits per heavy atom. The maximum absolute atomic E-state index is 7.06. The second kappa shape index (κ2) is 13.0. The van der Waals surface area contributed by atoms with E-state index in [2.05, 4.69) is 160 Å². The molecular weight excluding hydrogens is 733 g/mol. The molecule has 60 heavy (non-hydrogen) atoms. The summed E-state index contributed by atoms with van der Waals surface area (Å²) in [6, 6.07) is 62.0. The fraction of sp³-hybridized carbons (Fsp3) is 0.0714. The molecule has 12 rings (SSSR count). The van der Waals surface area contributed by atoms with Crippen molar-refractivity contribution in [2.24, 2.45) is 0 Å². The lowest BCUT2D eigenvalue weighted by atomic mass is 9.65. The molecule has 2 aliphatic rings. The van der Waals surface area contributed by atoms with Crippen LogP contribution in [0.25, 0.3) is 78.1 Å². The largest absolute Gasteiger partial charge is 0.456 e. The molecule has 0 saturated heterocycles. The van der Waals surface area contributed by atoms with Gasteiger partial charge in [-0.05, 0) is 95.6 Å². The summed E-state index contributed by atoms with van der Waals surface area (Å²) in [5, 5.41) is 2.05. The molecule has 0 N–H and O–H groups in total. The summed E-state index contributed by atoms with van der Waals surface area (Å²) in [6.45, 7) is 6.77. The molecule has 2 aromatic heterocycles. The monoisotopic (exact) mass is 770 g/mol. The van der Waals surface area contributed by atoms with Crippen molar-refractivity contribution in [2.45, 2.75) is 26.2 Å². The van der Waals surface area contributed by atoms with Crippen LogP contribution in [-0.4, -0.2) is 9.97 Å². The molecule has 284 valence electrons. The van der Waals surface area contributed by atoms with Gasteiger partial charge in [-0.2, -0.15) is 0 Å². The Balaban J connectivity index is 1.05. The number of nitrogens with zero attached hydrogens (tertiary/aromatic N) is 2. The first kappa shape index (κ1) is 34.5. The zero-order chi connectivity index (χ0) is 40.1. The van der Waals surface area contributed by atoms with Crippen LogP contribution >= 0.6 is 0 Å². The fourth-order valence-electron chi connectivity index (χ4n) is 9.99. The third-order valence-corrected chi connectivity index (χ3v) is 13.0. The molecule has 1 spiro atoms. The van der Waals surface area contributed by atoms with Gasteiger partial charge in [0.15, 0.2) is 5.82 Å². The van der Waals surface area contributed by atoms with E-state index >= 15 is 0 Å². The zero-order valence-electron chi connectivity index (χ0n) is 33.5. The van der Waals surface area contributed by atoms with Crippen molar-refractivity contribution in [1.82, 2.24) is 9.97 Å². The third kappa shape index (κ3) is 4.85. The standard InChI is InChI=1S/C56H38N2O2/c1-33-30-47-52(35(3)34(33)2)42-20-10-11-24-44(42)56(47)45-25-12-13-27-50(45)59-54-39(21-15-26-46(54)56)38-28-29-40-41-22-14-23-43(53(41)60-51(40)31-38)55-57-48(36-16-6-4-7-17-36)32-49(58-55)37-18-8-5-9-19-37/h4-32H,1-3H3. The van der Waals surface area contributed by atoms with E-state index in [9.17, 15) is 0 Å². The minimum absolute atomic E-state index is 0.555. The number of furan rings is 1. The lowest BCUT2D eigenvalue weighted by Crippen LogP contribution is -2.32. The summed E-state index contributed by atoms with van der Waals surface area (Å²) in [4.78, 5) is 10.3. The number of aryl methyl sites for hydroxylation is 1. The molecule has 3 heterocycles. The molecule has 10 aromatic rings. The van der Waals surface area contributed by atoms with E-state index in [1.54, 1.807) is 0 Å². The van der Waals surface area contributed by atoms with Gasteiger partial charge in [0.25, 0.3) is 0 Å². The van der Waals surface area contributed by atoms with Crippen molar-refractivity contribution in [3.05, 3.63) is 215 Å². The molecule has 0 amide bonds. The number of hydrogen-bond donors (Lipinski definition) is 0. The van der Waals surface area contributed by atoms with Gasteiger partial charge in [-0.15, -0.1) is 0 Å². The molecule has 0 radical (unpaired) electrons. The van der Waals surface area contributed by atoms with Crippen LogP contribution in [0, 0.1) is 20.8 Å². The highest BCUT2D eigenvalue weighted by Gasteiger charge is 2.52.